The molecule has 1 amide bonds. The molecule has 1 aromatic heterocycles. The third kappa shape index (κ3) is 3.29. The predicted molar refractivity (Wildman–Crippen MR) is 78.2 cm³/mol. The molecule has 0 aliphatic rings. The minimum atomic E-state index is -4.41. The Balaban J connectivity index is 2.34. The molecule has 0 saturated carbocycles. The van der Waals surface area contributed by atoms with Crippen LogP contribution >= 0.6 is 0 Å². The van der Waals surface area contributed by atoms with Crippen LogP contribution in [0, 0.1) is 5.41 Å². The monoisotopic (exact) mass is 311 g/mol. The summed E-state index contributed by atoms with van der Waals surface area (Å²) in [5.74, 6) is -0.460. The van der Waals surface area contributed by atoms with E-state index in [1.165, 1.54) is 12.3 Å². The van der Waals surface area contributed by atoms with Crippen molar-refractivity contribution in [2.24, 2.45) is 11.1 Å². The van der Waals surface area contributed by atoms with E-state index in [0.717, 1.165) is 12.1 Å². The molecule has 7 heteroatoms. The van der Waals surface area contributed by atoms with Crippen LogP contribution < -0.4 is 11.1 Å². The van der Waals surface area contributed by atoms with Crippen LogP contribution in [0.1, 0.15) is 19.4 Å². The van der Waals surface area contributed by atoms with Gasteiger partial charge in [0.2, 0.25) is 5.91 Å². The first kappa shape index (κ1) is 16.1. The van der Waals surface area contributed by atoms with Crippen molar-refractivity contribution in [3.8, 4) is 0 Å². The minimum absolute atomic E-state index is 0.233. The summed E-state index contributed by atoms with van der Waals surface area (Å²) in [6, 6.07) is 5.02. The number of pyridine rings is 1. The number of nitrogens with two attached hydrogens (primary N) is 1. The second-order valence-corrected chi connectivity index (χ2v) is 5.69. The number of carbonyl (C=O) groups excluding carboxylic acids is 1. The van der Waals surface area contributed by atoms with E-state index >= 15 is 0 Å². The van der Waals surface area contributed by atoms with Gasteiger partial charge < -0.3 is 11.1 Å². The number of carbonyl (C=O) groups is 1. The minimum Gasteiger partial charge on any atom is -0.383 e. The lowest BCUT2D eigenvalue weighted by Crippen LogP contribution is -2.37. The molecule has 0 fully saturated rings. The fourth-order valence-electron chi connectivity index (χ4n) is 1.88. The smallest absolute Gasteiger partial charge is 0.383 e. The third-order valence-electron chi connectivity index (χ3n) is 3.46. The summed E-state index contributed by atoms with van der Waals surface area (Å²) in [5.41, 5.74) is 4.61. The topological polar surface area (TPSA) is 68.0 Å². The summed E-state index contributed by atoms with van der Waals surface area (Å²) in [5, 5.41) is 3.60. The van der Waals surface area contributed by atoms with Crippen molar-refractivity contribution < 1.29 is 18.0 Å². The van der Waals surface area contributed by atoms with Gasteiger partial charge in [-0.05, 0) is 32.0 Å². The van der Waals surface area contributed by atoms with Crippen molar-refractivity contribution in [2.75, 3.05) is 11.9 Å². The van der Waals surface area contributed by atoms with Crippen molar-refractivity contribution in [2.45, 2.75) is 20.0 Å². The Kier molecular flexibility index (Phi) is 4.00. The second-order valence-electron chi connectivity index (χ2n) is 5.69. The Morgan fingerprint density at radius 1 is 1.27 bits per heavy atom. The van der Waals surface area contributed by atoms with Gasteiger partial charge in [-0.2, -0.15) is 13.2 Å². The van der Waals surface area contributed by atoms with E-state index in [9.17, 15) is 18.0 Å². The SMILES string of the molecule is CC(C)(CNc1ccnc2cc(C(F)(F)F)ccc12)C(N)=O. The molecule has 0 radical (unpaired) electrons. The normalized spacial score (nSPS) is 12.4. The van der Waals surface area contributed by atoms with Gasteiger partial charge in [0, 0.05) is 23.8 Å². The van der Waals surface area contributed by atoms with Gasteiger partial charge in [0.1, 0.15) is 0 Å². The van der Waals surface area contributed by atoms with E-state index < -0.39 is 23.1 Å². The summed E-state index contributed by atoms with van der Waals surface area (Å²) in [7, 11) is 0. The molecule has 0 saturated heterocycles. The Labute approximate surface area is 125 Å². The first-order chi connectivity index (χ1) is 10.1. The Hall–Kier alpha value is -2.31. The zero-order chi connectivity index (χ0) is 16.5. The van der Waals surface area contributed by atoms with Crippen LogP contribution in [0.3, 0.4) is 0 Å². The molecule has 0 unspecified atom stereocenters. The highest BCUT2D eigenvalue weighted by Gasteiger charge is 2.30. The van der Waals surface area contributed by atoms with E-state index in [4.69, 9.17) is 5.73 Å². The van der Waals surface area contributed by atoms with Crippen molar-refractivity contribution in [3.63, 3.8) is 0 Å². The molecule has 3 N–H and O–H groups in total. The highest BCUT2D eigenvalue weighted by molar-refractivity contribution is 5.91. The number of aromatic nitrogens is 1. The molecule has 0 aliphatic carbocycles. The average molecular weight is 311 g/mol. The standard InChI is InChI=1S/C15H16F3N3O/c1-14(2,13(19)22)8-21-11-5-6-20-12-7-9(15(16,17)18)3-4-10(11)12/h3-7H,8H2,1-2H3,(H2,19,22)(H,20,21). The van der Waals surface area contributed by atoms with E-state index in [1.54, 1.807) is 19.9 Å². The average Bonchev–Trinajstić information content (AvgIpc) is 2.43. The van der Waals surface area contributed by atoms with Gasteiger partial charge in [-0.3, -0.25) is 9.78 Å². The Morgan fingerprint density at radius 3 is 2.55 bits per heavy atom. The summed E-state index contributed by atoms with van der Waals surface area (Å²) in [6.45, 7) is 3.64. The molecule has 118 valence electrons. The summed E-state index contributed by atoms with van der Waals surface area (Å²) in [4.78, 5) is 15.3. The van der Waals surface area contributed by atoms with Crippen LogP contribution in [0.25, 0.3) is 10.9 Å². The molecule has 2 aromatic rings. The van der Waals surface area contributed by atoms with Gasteiger partial charge >= 0.3 is 6.18 Å². The van der Waals surface area contributed by atoms with E-state index in [2.05, 4.69) is 10.3 Å². The van der Waals surface area contributed by atoms with E-state index in [-0.39, 0.29) is 12.1 Å². The molecule has 1 aromatic carbocycles. The number of alkyl halides is 3. The van der Waals surface area contributed by atoms with Crippen molar-refractivity contribution in [1.82, 2.24) is 4.98 Å². The van der Waals surface area contributed by atoms with Crippen molar-refractivity contribution in [1.29, 1.82) is 0 Å². The van der Waals surface area contributed by atoms with Gasteiger partial charge in [-0.15, -0.1) is 0 Å². The summed E-state index contributed by atoms with van der Waals surface area (Å²) >= 11 is 0. The van der Waals surface area contributed by atoms with Crippen LogP contribution in [-0.4, -0.2) is 17.4 Å². The third-order valence-corrected chi connectivity index (χ3v) is 3.46. The zero-order valence-corrected chi connectivity index (χ0v) is 12.2. The first-order valence-corrected chi connectivity index (χ1v) is 6.61. The number of rotatable bonds is 4. The van der Waals surface area contributed by atoms with Crippen LogP contribution in [0.5, 0.6) is 0 Å². The number of nitrogens with zero attached hydrogens (tertiary/aromatic N) is 1. The zero-order valence-electron chi connectivity index (χ0n) is 12.2. The van der Waals surface area contributed by atoms with Crippen LogP contribution in [0.4, 0.5) is 18.9 Å². The fraction of sp³-hybridized carbons (Fsp3) is 0.333. The van der Waals surface area contributed by atoms with Gasteiger partial charge in [0.05, 0.1) is 16.5 Å². The van der Waals surface area contributed by atoms with Crippen molar-refractivity contribution >= 4 is 22.5 Å². The molecular weight excluding hydrogens is 295 g/mol. The molecule has 4 nitrogen and oxygen atoms in total. The second kappa shape index (κ2) is 5.47. The molecule has 0 aliphatic heterocycles. The number of halogens is 3. The van der Waals surface area contributed by atoms with Crippen molar-refractivity contribution in [3.05, 3.63) is 36.0 Å². The van der Waals surface area contributed by atoms with Crippen LogP contribution in [0.15, 0.2) is 30.5 Å². The highest BCUT2D eigenvalue weighted by atomic mass is 19.4. The lowest BCUT2D eigenvalue weighted by molar-refractivity contribution is -0.137. The van der Waals surface area contributed by atoms with Gasteiger partial charge in [0.15, 0.2) is 0 Å². The van der Waals surface area contributed by atoms with Gasteiger partial charge in [-0.25, -0.2) is 0 Å². The number of benzene rings is 1. The molecular formula is C15H16F3N3O. The number of primary amides is 1. The van der Waals surface area contributed by atoms with Crippen LogP contribution in [0.2, 0.25) is 0 Å². The highest BCUT2D eigenvalue weighted by Crippen LogP contribution is 2.32. The number of anilines is 1. The molecule has 1 heterocycles. The maximum absolute atomic E-state index is 12.7. The molecule has 22 heavy (non-hydrogen) atoms. The number of hydrogen-bond donors (Lipinski definition) is 2. The largest absolute Gasteiger partial charge is 0.416 e. The number of amides is 1. The number of fused-ring (bicyclic) bond motifs is 1. The lowest BCUT2D eigenvalue weighted by Gasteiger charge is -2.22. The van der Waals surface area contributed by atoms with Gasteiger partial charge in [0.25, 0.3) is 0 Å². The fourth-order valence-corrected chi connectivity index (χ4v) is 1.88. The molecule has 2 rings (SSSR count). The maximum Gasteiger partial charge on any atom is 0.416 e. The van der Waals surface area contributed by atoms with Gasteiger partial charge in [-0.1, -0.05) is 6.07 Å². The van der Waals surface area contributed by atoms with E-state index in [0.29, 0.717) is 11.1 Å². The quantitative estimate of drug-likeness (QED) is 0.911. The predicted octanol–water partition coefficient (Wildman–Crippen LogP) is 3.18. The maximum atomic E-state index is 12.7. The number of hydrogen-bond acceptors (Lipinski definition) is 3. The number of nitrogens with one attached hydrogen (secondary N) is 1. The molecule has 0 spiro atoms. The van der Waals surface area contributed by atoms with E-state index in [1.807, 2.05) is 0 Å². The molecule has 0 atom stereocenters. The lowest BCUT2D eigenvalue weighted by atomic mass is 9.92. The summed E-state index contributed by atoms with van der Waals surface area (Å²) in [6.07, 6.45) is -2.99. The first-order valence-electron chi connectivity index (χ1n) is 6.61. The Morgan fingerprint density at radius 2 is 1.95 bits per heavy atom. The molecule has 0 bridgehead atoms. The summed E-state index contributed by atoms with van der Waals surface area (Å²) < 4.78 is 38.1. The Bertz CT molecular complexity index is 711. The van der Waals surface area contributed by atoms with Crippen LogP contribution in [-0.2, 0) is 11.0 Å².